The van der Waals surface area contributed by atoms with Gasteiger partial charge in [0.25, 0.3) is 0 Å². The van der Waals surface area contributed by atoms with E-state index >= 15 is 0 Å². The van der Waals surface area contributed by atoms with E-state index in [0.717, 1.165) is 17.1 Å². The second-order valence-corrected chi connectivity index (χ2v) is 4.05. The van der Waals surface area contributed by atoms with Crippen molar-refractivity contribution < 1.29 is 9.84 Å². The topological polar surface area (TPSA) is 86.2 Å². The van der Waals surface area contributed by atoms with Crippen LogP contribution >= 0.6 is 0 Å². The van der Waals surface area contributed by atoms with Crippen LogP contribution in [0.3, 0.4) is 0 Å². The number of hydrogen-bond acceptors (Lipinski definition) is 5. The highest BCUT2D eigenvalue weighted by atomic mass is 16.5. The van der Waals surface area contributed by atoms with Gasteiger partial charge in [-0.25, -0.2) is 4.68 Å². The molecule has 6 nitrogen and oxygen atoms in total. The Morgan fingerprint density at radius 1 is 1.26 bits per heavy atom. The minimum absolute atomic E-state index is 0.0277. The Morgan fingerprint density at radius 3 is 2.74 bits per heavy atom. The molecule has 1 aromatic carbocycles. The molecule has 0 amide bonds. The van der Waals surface area contributed by atoms with Gasteiger partial charge in [0.2, 0.25) is 0 Å². The summed E-state index contributed by atoms with van der Waals surface area (Å²) in [5.74, 6) is 0.831. The average Bonchev–Trinajstić information content (AvgIpc) is 2.83. The first kappa shape index (κ1) is 13.5. The zero-order chi connectivity index (χ0) is 13.5. The number of aliphatic hydroxyl groups excluding tert-OH is 1. The summed E-state index contributed by atoms with van der Waals surface area (Å²) in [6, 6.07) is 9.62. The Labute approximate surface area is 111 Å². The van der Waals surface area contributed by atoms with Crippen LogP contribution in [-0.4, -0.2) is 33.3 Å². The Kier molecular flexibility index (Phi) is 4.88. The van der Waals surface area contributed by atoms with Crippen molar-refractivity contribution in [3.63, 3.8) is 0 Å². The molecule has 0 atom stereocenters. The van der Waals surface area contributed by atoms with Gasteiger partial charge in [-0.3, -0.25) is 0 Å². The normalized spacial score (nSPS) is 10.6. The molecule has 19 heavy (non-hydrogen) atoms. The lowest BCUT2D eigenvalue weighted by molar-refractivity contribution is 0.262. The van der Waals surface area contributed by atoms with Crippen molar-refractivity contribution >= 4 is 0 Å². The molecule has 0 aliphatic rings. The molecule has 0 aliphatic heterocycles. The quantitative estimate of drug-likeness (QED) is 0.752. The third-order valence-corrected chi connectivity index (χ3v) is 2.77. The zero-order valence-electron chi connectivity index (χ0n) is 10.7. The smallest absolute Gasteiger partial charge is 0.119 e. The summed E-state index contributed by atoms with van der Waals surface area (Å²) < 4.78 is 7.32. The molecule has 0 saturated heterocycles. The Balaban J connectivity index is 1.96. The van der Waals surface area contributed by atoms with E-state index in [1.165, 1.54) is 0 Å². The average molecular weight is 262 g/mol. The van der Waals surface area contributed by atoms with Crippen LogP contribution in [-0.2, 0) is 19.5 Å². The van der Waals surface area contributed by atoms with Crippen molar-refractivity contribution in [2.75, 3.05) is 13.2 Å². The van der Waals surface area contributed by atoms with Gasteiger partial charge in [0.1, 0.15) is 5.75 Å². The molecule has 102 valence electrons. The van der Waals surface area contributed by atoms with Gasteiger partial charge in [0.15, 0.2) is 0 Å². The fraction of sp³-hybridized carbons (Fsp3) is 0.385. The molecule has 1 aromatic heterocycles. The molecular weight excluding hydrogens is 244 g/mol. The minimum Gasteiger partial charge on any atom is -0.493 e. The van der Waals surface area contributed by atoms with Crippen LogP contribution in [0.25, 0.3) is 0 Å². The van der Waals surface area contributed by atoms with Gasteiger partial charge in [-0.05, 0) is 12.1 Å². The number of aromatic nitrogens is 3. The largest absolute Gasteiger partial charge is 0.493 e. The predicted molar refractivity (Wildman–Crippen MR) is 70.6 cm³/mol. The molecule has 6 heteroatoms. The maximum atomic E-state index is 8.98. The van der Waals surface area contributed by atoms with Crippen LogP contribution in [0.5, 0.6) is 5.75 Å². The van der Waals surface area contributed by atoms with Gasteiger partial charge in [-0.2, -0.15) is 0 Å². The molecular formula is C13H18N4O2. The molecule has 3 N–H and O–H groups in total. The number of rotatable bonds is 7. The van der Waals surface area contributed by atoms with E-state index in [2.05, 4.69) is 10.3 Å². The van der Waals surface area contributed by atoms with Gasteiger partial charge in [-0.1, -0.05) is 23.4 Å². The molecule has 0 saturated carbocycles. The maximum absolute atomic E-state index is 8.98. The zero-order valence-corrected chi connectivity index (χ0v) is 10.7. The van der Waals surface area contributed by atoms with Crippen molar-refractivity contribution in [2.24, 2.45) is 5.73 Å². The van der Waals surface area contributed by atoms with Crippen molar-refractivity contribution in [1.82, 2.24) is 15.0 Å². The second-order valence-electron chi connectivity index (χ2n) is 4.05. The summed E-state index contributed by atoms with van der Waals surface area (Å²) in [7, 11) is 0. The van der Waals surface area contributed by atoms with Gasteiger partial charge in [-0.15, -0.1) is 5.10 Å². The van der Waals surface area contributed by atoms with Crippen LogP contribution in [0.1, 0.15) is 11.4 Å². The third-order valence-electron chi connectivity index (χ3n) is 2.77. The van der Waals surface area contributed by atoms with Crippen molar-refractivity contribution in [3.05, 3.63) is 41.7 Å². The van der Waals surface area contributed by atoms with Crippen LogP contribution in [0.4, 0.5) is 0 Å². The second kappa shape index (κ2) is 6.86. The first-order valence-electron chi connectivity index (χ1n) is 6.25. The minimum atomic E-state index is 0.0277. The number of nitrogens with two attached hydrogens (primary N) is 1. The Bertz CT molecular complexity index is 499. The SMILES string of the molecule is NCc1nnn(CCO)c1CCOc1ccccc1. The number of para-hydroxylation sites is 1. The van der Waals surface area contributed by atoms with Crippen molar-refractivity contribution in [2.45, 2.75) is 19.5 Å². The van der Waals surface area contributed by atoms with Crippen LogP contribution < -0.4 is 10.5 Å². The molecule has 0 unspecified atom stereocenters. The van der Waals surface area contributed by atoms with Gasteiger partial charge in [0, 0.05) is 13.0 Å². The fourth-order valence-electron chi connectivity index (χ4n) is 1.86. The molecule has 0 fully saturated rings. The molecule has 0 spiro atoms. The lowest BCUT2D eigenvalue weighted by Crippen LogP contribution is -2.13. The van der Waals surface area contributed by atoms with Crippen LogP contribution in [0.15, 0.2) is 30.3 Å². The number of ether oxygens (including phenoxy) is 1. The lowest BCUT2D eigenvalue weighted by Gasteiger charge is -2.08. The van der Waals surface area contributed by atoms with E-state index in [9.17, 15) is 0 Å². The standard InChI is InChI=1S/C13H18N4O2/c14-10-12-13(17(7-8-18)16-15-12)6-9-19-11-4-2-1-3-5-11/h1-5,18H,6-10,14H2. The van der Waals surface area contributed by atoms with Crippen molar-refractivity contribution in [3.8, 4) is 5.75 Å². The highest BCUT2D eigenvalue weighted by molar-refractivity contribution is 5.21. The monoisotopic (exact) mass is 262 g/mol. The Morgan fingerprint density at radius 2 is 2.05 bits per heavy atom. The summed E-state index contributed by atoms with van der Waals surface area (Å²) >= 11 is 0. The number of hydrogen-bond donors (Lipinski definition) is 2. The molecule has 2 aromatic rings. The molecule has 2 rings (SSSR count). The fourth-order valence-corrected chi connectivity index (χ4v) is 1.86. The highest BCUT2D eigenvalue weighted by Gasteiger charge is 2.11. The summed E-state index contributed by atoms with van der Waals surface area (Å²) in [6.07, 6.45) is 0.661. The van der Waals surface area contributed by atoms with E-state index in [1.807, 2.05) is 30.3 Å². The highest BCUT2D eigenvalue weighted by Crippen LogP contribution is 2.10. The molecule has 0 bridgehead atoms. The van der Waals surface area contributed by atoms with Crippen molar-refractivity contribution in [1.29, 1.82) is 0 Å². The van der Waals surface area contributed by atoms with E-state index in [0.29, 0.717) is 26.1 Å². The number of nitrogens with zero attached hydrogens (tertiary/aromatic N) is 3. The molecule has 1 heterocycles. The molecule has 0 radical (unpaired) electrons. The predicted octanol–water partition coefficient (Wildman–Crippen LogP) is 0.351. The number of benzene rings is 1. The first-order valence-corrected chi connectivity index (χ1v) is 6.25. The summed E-state index contributed by atoms with van der Waals surface area (Å²) in [4.78, 5) is 0. The summed E-state index contributed by atoms with van der Waals surface area (Å²) in [5.41, 5.74) is 7.30. The summed E-state index contributed by atoms with van der Waals surface area (Å²) in [5, 5.41) is 17.0. The first-order chi connectivity index (χ1) is 9.35. The van der Waals surface area contributed by atoms with Crippen LogP contribution in [0.2, 0.25) is 0 Å². The van der Waals surface area contributed by atoms with E-state index in [1.54, 1.807) is 4.68 Å². The summed E-state index contributed by atoms with van der Waals surface area (Å²) in [6.45, 7) is 1.31. The number of aliphatic hydroxyl groups is 1. The van der Waals surface area contributed by atoms with E-state index in [-0.39, 0.29) is 6.61 Å². The van der Waals surface area contributed by atoms with Gasteiger partial charge < -0.3 is 15.6 Å². The Hall–Kier alpha value is -1.92. The van der Waals surface area contributed by atoms with Gasteiger partial charge >= 0.3 is 0 Å². The lowest BCUT2D eigenvalue weighted by atomic mass is 10.2. The van der Waals surface area contributed by atoms with Gasteiger partial charge in [0.05, 0.1) is 31.1 Å². The molecule has 0 aliphatic carbocycles. The van der Waals surface area contributed by atoms with E-state index in [4.69, 9.17) is 15.6 Å². The van der Waals surface area contributed by atoms with Crippen LogP contribution in [0, 0.1) is 0 Å². The maximum Gasteiger partial charge on any atom is 0.119 e. The third kappa shape index (κ3) is 3.52. The van der Waals surface area contributed by atoms with E-state index < -0.39 is 0 Å².